The third kappa shape index (κ3) is 3.94. The summed E-state index contributed by atoms with van der Waals surface area (Å²) < 4.78 is 3.87. The Balaban J connectivity index is 1.64. The van der Waals surface area contributed by atoms with E-state index in [1.54, 1.807) is 0 Å². The maximum atomic E-state index is 12.9. The molecule has 2 aromatic heterocycles. The summed E-state index contributed by atoms with van der Waals surface area (Å²) in [7, 11) is 1.96. The van der Waals surface area contributed by atoms with Gasteiger partial charge in [-0.15, -0.1) is 0 Å². The largest absolute Gasteiger partial charge is 0.338 e. The van der Waals surface area contributed by atoms with E-state index in [0.717, 1.165) is 49.3 Å². The van der Waals surface area contributed by atoms with Crippen molar-refractivity contribution in [3.05, 3.63) is 34.9 Å². The average Bonchev–Trinajstić information content (AvgIpc) is 3.09. The van der Waals surface area contributed by atoms with Crippen LogP contribution in [0, 0.1) is 20.8 Å². The predicted molar refractivity (Wildman–Crippen MR) is 97.3 cm³/mol. The lowest BCUT2D eigenvalue weighted by Crippen LogP contribution is -2.46. The zero-order chi connectivity index (χ0) is 18.0. The fourth-order valence-electron chi connectivity index (χ4n) is 3.86. The van der Waals surface area contributed by atoms with Crippen LogP contribution in [0.25, 0.3) is 0 Å². The van der Waals surface area contributed by atoms with Crippen LogP contribution < -0.4 is 0 Å². The number of nitrogens with zero attached hydrogens (tertiary/aromatic N) is 5. The Morgan fingerprint density at radius 3 is 2.72 bits per heavy atom. The van der Waals surface area contributed by atoms with Gasteiger partial charge in [-0.25, -0.2) is 0 Å². The summed E-state index contributed by atoms with van der Waals surface area (Å²) in [6, 6.07) is 0.261. The van der Waals surface area contributed by atoms with E-state index in [-0.39, 0.29) is 11.9 Å². The lowest BCUT2D eigenvalue weighted by atomic mass is 10.0. The number of likely N-dealkylation sites (tertiary alicyclic amines) is 1. The summed E-state index contributed by atoms with van der Waals surface area (Å²) in [6.45, 7) is 7.81. The van der Waals surface area contributed by atoms with Crippen molar-refractivity contribution >= 4 is 5.91 Å². The van der Waals surface area contributed by atoms with E-state index in [4.69, 9.17) is 0 Å². The molecule has 6 nitrogen and oxygen atoms in total. The first-order valence-corrected chi connectivity index (χ1v) is 9.23. The Morgan fingerprint density at radius 2 is 2.08 bits per heavy atom. The van der Waals surface area contributed by atoms with Crippen LogP contribution in [0.5, 0.6) is 0 Å². The van der Waals surface area contributed by atoms with Crippen LogP contribution in [0.1, 0.15) is 48.2 Å². The molecule has 136 valence electrons. The van der Waals surface area contributed by atoms with E-state index in [1.807, 2.05) is 36.5 Å². The number of aromatic nitrogens is 4. The first-order valence-electron chi connectivity index (χ1n) is 9.23. The monoisotopic (exact) mass is 343 g/mol. The highest BCUT2D eigenvalue weighted by Gasteiger charge is 2.27. The molecule has 1 amide bonds. The van der Waals surface area contributed by atoms with Crippen molar-refractivity contribution < 1.29 is 4.79 Å². The summed E-state index contributed by atoms with van der Waals surface area (Å²) in [5.74, 6) is 0.260. The van der Waals surface area contributed by atoms with Crippen LogP contribution in [0.15, 0.2) is 12.4 Å². The number of rotatable bonds is 5. The summed E-state index contributed by atoms with van der Waals surface area (Å²) in [5.41, 5.74) is 4.57. The second-order valence-corrected chi connectivity index (χ2v) is 7.25. The summed E-state index contributed by atoms with van der Waals surface area (Å²) >= 11 is 0. The number of amides is 1. The zero-order valence-corrected chi connectivity index (χ0v) is 15.8. The smallest absolute Gasteiger partial charge is 0.223 e. The number of aryl methyl sites for hydroxylation is 3. The topological polar surface area (TPSA) is 56.0 Å². The highest BCUT2D eigenvalue weighted by atomic mass is 16.2. The van der Waals surface area contributed by atoms with Gasteiger partial charge in [0.25, 0.3) is 0 Å². The molecule has 0 unspecified atom stereocenters. The van der Waals surface area contributed by atoms with E-state index in [2.05, 4.69) is 28.2 Å². The summed E-state index contributed by atoms with van der Waals surface area (Å²) in [5, 5.41) is 8.85. The molecule has 6 heteroatoms. The summed E-state index contributed by atoms with van der Waals surface area (Å²) in [6.07, 6.45) is 8.62. The molecule has 3 heterocycles. The quantitative estimate of drug-likeness (QED) is 0.838. The molecular formula is C19H29N5O. The van der Waals surface area contributed by atoms with Gasteiger partial charge < -0.3 is 4.90 Å². The Bertz CT molecular complexity index is 745. The molecule has 0 aliphatic carbocycles. The number of piperidine rings is 1. The minimum atomic E-state index is 0.260. The molecule has 25 heavy (non-hydrogen) atoms. The number of hydrogen-bond acceptors (Lipinski definition) is 3. The fourth-order valence-corrected chi connectivity index (χ4v) is 3.86. The van der Waals surface area contributed by atoms with Crippen LogP contribution >= 0.6 is 0 Å². The van der Waals surface area contributed by atoms with Gasteiger partial charge in [-0.1, -0.05) is 0 Å². The van der Waals surface area contributed by atoms with Gasteiger partial charge in [0.2, 0.25) is 5.91 Å². The van der Waals surface area contributed by atoms with Crippen molar-refractivity contribution in [1.29, 1.82) is 0 Å². The van der Waals surface area contributed by atoms with Gasteiger partial charge >= 0.3 is 0 Å². The molecule has 1 aliphatic rings. The standard InChI is InChI=1S/C19H29N5O/c1-14-11-20-23(12-14)13-17-7-5-6-10-24(17)19(25)9-8-18-15(2)21-22(4)16(18)3/h11-12,17H,5-10,13H2,1-4H3/t17-/m0/s1. The Morgan fingerprint density at radius 1 is 1.28 bits per heavy atom. The van der Waals surface area contributed by atoms with Crippen LogP contribution in [-0.2, 0) is 24.8 Å². The van der Waals surface area contributed by atoms with Gasteiger partial charge in [0.15, 0.2) is 0 Å². The second-order valence-electron chi connectivity index (χ2n) is 7.25. The Kier molecular flexibility index (Phi) is 5.25. The van der Waals surface area contributed by atoms with Crippen molar-refractivity contribution in [2.24, 2.45) is 7.05 Å². The highest BCUT2D eigenvalue weighted by Crippen LogP contribution is 2.21. The van der Waals surface area contributed by atoms with Gasteiger partial charge in [-0.05, 0) is 57.6 Å². The third-order valence-electron chi connectivity index (χ3n) is 5.36. The molecule has 0 saturated carbocycles. The van der Waals surface area contributed by atoms with E-state index < -0.39 is 0 Å². The molecule has 1 fully saturated rings. The molecule has 1 aliphatic heterocycles. The first kappa shape index (κ1) is 17.7. The van der Waals surface area contributed by atoms with Crippen LogP contribution in [0.3, 0.4) is 0 Å². The maximum absolute atomic E-state index is 12.9. The molecule has 0 spiro atoms. The van der Waals surface area contributed by atoms with E-state index >= 15 is 0 Å². The normalized spacial score (nSPS) is 17.9. The average molecular weight is 343 g/mol. The first-order chi connectivity index (χ1) is 12.0. The molecule has 3 rings (SSSR count). The van der Waals surface area contributed by atoms with Gasteiger partial charge in [0.1, 0.15) is 0 Å². The van der Waals surface area contributed by atoms with Crippen molar-refractivity contribution in [1.82, 2.24) is 24.5 Å². The maximum Gasteiger partial charge on any atom is 0.223 e. The molecule has 0 N–H and O–H groups in total. The Hall–Kier alpha value is -2.11. The van der Waals surface area contributed by atoms with Crippen molar-refractivity contribution in [2.45, 2.75) is 65.5 Å². The molecule has 0 bridgehead atoms. The van der Waals surface area contributed by atoms with Gasteiger partial charge in [0, 0.05) is 31.9 Å². The number of carbonyl (C=O) groups is 1. The highest BCUT2D eigenvalue weighted by molar-refractivity contribution is 5.77. The Labute approximate surface area is 149 Å². The second kappa shape index (κ2) is 7.42. The van der Waals surface area contributed by atoms with Gasteiger partial charge in [-0.2, -0.15) is 10.2 Å². The molecule has 1 atom stereocenters. The van der Waals surface area contributed by atoms with Crippen LogP contribution in [0.2, 0.25) is 0 Å². The van der Waals surface area contributed by atoms with Crippen LogP contribution in [-0.4, -0.2) is 43.0 Å². The summed E-state index contributed by atoms with van der Waals surface area (Å²) in [4.78, 5) is 15.0. The van der Waals surface area contributed by atoms with E-state index in [9.17, 15) is 4.79 Å². The SMILES string of the molecule is Cc1cnn(C[C@@H]2CCCCN2C(=O)CCc2c(C)nn(C)c2C)c1. The minimum Gasteiger partial charge on any atom is -0.338 e. The van der Waals surface area contributed by atoms with E-state index in [1.165, 1.54) is 12.0 Å². The van der Waals surface area contributed by atoms with E-state index in [0.29, 0.717) is 6.42 Å². The predicted octanol–water partition coefficient (Wildman–Crippen LogP) is 2.56. The molecule has 1 saturated heterocycles. The molecular weight excluding hydrogens is 314 g/mol. The molecule has 0 radical (unpaired) electrons. The van der Waals surface area contributed by atoms with Crippen LogP contribution in [0.4, 0.5) is 0 Å². The number of hydrogen-bond donors (Lipinski definition) is 0. The number of carbonyl (C=O) groups excluding carboxylic acids is 1. The minimum absolute atomic E-state index is 0.260. The third-order valence-corrected chi connectivity index (χ3v) is 5.36. The lowest BCUT2D eigenvalue weighted by molar-refractivity contribution is -0.135. The fraction of sp³-hybridized carbons (Fsp3) is 0.632. The lowest BCUT2D eigenvalue weighted by Gasteiger charge is -2.36. The van der Waals surface area contributed by atoms with Gasteiger partial charge in [-0.3, -0.25) is 14.2 Å². The molecule has 0 aromatic carbocycles. The molecule has 2 aromatic rings. The van der Waals surface area contributed by atoms with Gasteiger partial charge in [0.05, 0.1) is 24.5 Å². The van der Waals surface area contributed by atoms with Crippen molar-refractivity contribution in [3.8, 4) is 0 Å². The van der Waals surface area contributed by atoms with Crippen molar-refractivity contribution in [2.75, 3.05) is 6.54 Å². The zero-order valence-electron chi connectivity index (χ0n) is 15.8. The van der Waals surface area contributed by atoms with Crippen molar-refractivity contribution in [3.63, 3.8) is 0 Å².